The Bertz CT molecular complexity index is 1180. The molecule has 5 aliphatic heterocycles. The third-order valence-corrected chi connectivity index (χ3v) is 10.8. The van der Waals surface area contributed by atoms with Gasteiger partial charge in [-0.15, -0.1) is 0 Å². The number of nitrogens with one attached hydrogen (secondary N) is 4. The number of amides is 4. The van der Waals surface area contributed by atoms with Crippen LogP contribution in [0.2, 0.25) is 0 Å². The van der Waals surface area contributed by atoms with Gasteiger partial charge in [0.25, 0.3) is 0 Å². The Kier molecular flexibility index (Phi) is 14.9. The van der Waals surface area contributed by atoms with Gasteiger partial charge < -0.3 is 101 Å². The predicted molar refractivity (Wildman–Crippen MR) is 177 cm³/mol. The van der Waals surface area contributed by atoms with Gasteiger partial charge in [-0.05, 0) is 0 Å². The minimum absolute atomic E-state index is 0.492. The maximum absolute atomic E-state index is 12.9. The van der Waals surface area contributed by atoms with Crippen molar-refractivity contribution in [2.45, 2.75) is 148 Å². The summed E-state index contributed by atoms with van der Waals surface area (Å²) in [6.45, 7) is -1.97. The van der Waals surface area contributed by atoms with Crippen LogP contribution in [-0.4, -0.2) is 233 Å². The minimum atomic E-state index is -1.84. The Hall–Kier alpha value is -2.76. The number of rotatable bonds is 0. The second kappa shape index (κ2) is 18.9. The lowest BCUT2D eigenvalue weighted by atomic mass is 9.91. The zero-order chi connectivity index (χ0) is 41.2. The molecule has 0 spiro atoms. The zero-order valence-corrected chi connectivity index (χ0v) is 29.8. The van der Waals surface area contributed by atoms with Crippen molar-refractivity contribution in [3.05, 3.63) is 0 Å². The van der Waals surface area contributed by atoms with E-state index in [0.29, 0.717) is 0 Å². The van der Waals surface area contributed by atoms with Crippen molar-refractivity contribution in [2.75, 3.05) is 26.2 Å². The van der Waals surface area contributed by atoms with Crippen molar-refractivity contribution in [3.8, 4) is 0 Å². The van der Waals surface area contributed by atoms with Crippen LogP contribution in [0.4, 0.5) is 0 Å². The van der Waals surface area contributed by atoms with Crippen LogP contribution in [0.3, 0.4) is 0 Å². The van der Waals surface area contributed by atoms with E-state index < -0.39 is 198 Å². The number of hydrogen-bond acceptors (Lipinski definition) is 20. The molecule has 24 nitrogen and oxygen atoms in total. The van der Waals surface area contributed by atoms with Crippen LogP contribution in [0.15, 0.2) is 0 Å². The lowest BCUT2D eigenvalue weighted by Gasteiger charge is -2.42. The lowest BCUT2D eigenvalue weighted by Crippen LogP contribution is -2.62. The zero-order valence-electron chi connectivity index (χ0n) is 29.8. The Morgan fingerprint density at radius 3 is 0.625 bits per heavy atom. The van der Waals surface area contributed by atoms with Gasteiger partial charge in [0, 0.05) is 26.2 Å². The number of fused-ring (bicyclic) bond motifs is 8. The van der Waals surface area contributed by atoms with E-state index in [-0.39, 0.29) is 0 Å². The minimum Gasteiger partial charge on any atom is -0.388 e. The normalized spacial score (nSPS) is 48.2. The van der Waals surface area contributed by atoms with E-state index in [2.05, 4.69) is 21.3 Å². The highest BCUT2D eigenvalue weighted by Crippen LogP contribution is 2.28. The molecular weight excluding hydrogens is 760 g/mol. The van der Waals surface area contributed by atoms with Crippen LogP contribution >= 0.6 is 0 Å². The summed E-state index contributed by atoms with van der Waals surface area (Å²) in [6.07, 6.45) is -35.3. The van der Waals surface area contributed by atoms with Gasteiger partial charge in [0.2, 0.25) is 23.6 Å². The maximum atomic E-state index is 12.9. The van der Waals surface area contributed by atoms with E-state index in [1.807, 2.05) is 0 Å². The number of aliphatic hydroxyl groups excluding tert-OH is 12. The number of carbonyl (C=O) groups excluding carboxylic acids is 4. The van der Waals surface area contributed by atoms with Crippen LogP contribution in [0.25, 0.3) is 0 Å². The first-order valence-corrected chi connectivity index (χ1v) is 18.2. The van der Waals surface area contributed by atoms with Gasteiger partial charge in [0.1, 0.15) is 97.7 Å². The number of aliphatic hydroxyl groups is 12. The summed E-state index contributed by atoms with van der Waals surface area (Å²) in [6, 6.07) is 0. The maximum Gasteiger partial charge on any atom is 0.222 e. The third kappa shape index (κ3) is 10.1. The summed E-state index contributed by atoms with van der Waals surface area (Å²) in [5.74, 6) is -3.31. The number of hydrogen-bond donors (Lipinski definition) is 16. The Labute approximate surface area is 318 Å². The van der Waals surface area contributed by atoms with Gasteiger partial charge in [-0.1, -0.05) is 0 Å². The first kappa shape index (κ1) is 44.3. The molecule has 56 heavy (non-hydrogen) atoms. The van der Waals surface area contributed by atoms with Crippen LogP contribution < -0.4 is 21.3 Å². The van der Waals surface area contributed by atoms with Crippen LogP contribution in [0, 0.1) is 0 Å². The summed E-state index contributed by atoms with van der Waals surface area (Å²) in [5.41, 5.74) is 0. The topological polar surface area (TPSA) is 396 Å². The van der Waals surface area contributed by atoms with Crippen molar-refractivity contribution in [1.29, 1.82) is 0 Å². The highest BCUT2D eigenvalue weighted by Gasteiger charge is 2.49. The second-order valence-electron chi connectivity index (χ2n) is 14.8. The van der Waals surface area contributed by atoms with E-state index in [9.17, 15) is 80.5 Å². The van der Waals surface area contributed by atoms with Crippen molar-refractivity contribution >= 4 is 23.6 Å². The second-order valence-corrected chi connectivity index (χ2v) is 14.8. The summed E-state index contributed by atoms with van der Waals surface area (Å²) in [5, 5.41) is 136. The first-order valence-electron chi connectivity index (χ1n) is 18.2. The average Bonchev–Trinajstić information content (AvgIpc) is 3.16. The molecule has 16 N–H and O–H groups in total. The van der Waals surface area contributed by atoms with Crippen LogP contribution in [0.1, 0.15) is 25.7 Å². The standard InChI is InChI=1S/C32H52N4O20/c37-17-1-9-21(41)29(49)25(45)13(53-9)6-34-18(38)3-11-23(43)31(51)27(47)15(55-11)8-36-20(40)4-12-24(44)32(52)28(48)16(56-12)7-35-19(39)2-10-22(42)30(50)26(46)14(54-10)5-33-17/h9-16,21-32,41-52H,1-8H2,(H,33,37)(H,34,38)(H,35,39)(H,36,40)/t9-,10-,11-,12-,13+,14+,15+,16+,21-,22-,23-,24-,25+,26+,27+,28+,29+,30+,31+,32+/m0/s1. The van der Waals surface area contributed by atoms with Crippen LogP contribution in [-0.2, 0) is 38.1 Å². The van der Waals surface area contributed by atoms with Crippen molar-refractivity contribution in [1.82, 2.24) is 21.3 Å². The molecule has 5 rings (SSSR count). The molecule has 24 heteroatoms. The molecule has 0 aromatic rings. The van der Waals surface area contributed by atoms with Crippen LogP contribution in [0.5, 0.6) is 0 Å². The van der Waals surface area contributed by atoms with Gasteiger partial charge in [0.05, 0.1) is 50.1 Å². The molecule has 5 fully saturated rings. The van der Waals surface area contributed by atoms with Gasteiger partial charge in [-0.25, -0.2) is 0 Å². The summed E-state index contributed by atoms with van der Waals surface area (Å²) in [7, 11) is 0. The average molecular weight is 813 g/mol. The molecule has 8 bridgehead atoms. The monoisotopic (exact) mass is 812 g/mol. The molecule has 20 atom stereocenters. The molecule has 0 aromatic heterocycles. The van der Waals surface area contributed by atoms with Crippen molar-refractivity contribution < 1.29 is 99.4 Å². The molecule has 0 aromatic carbocycles. The molecule has 5 heterocycles. The summed E-state index contributed by atoms with van der Waals surface area (Å²) in [4.78, 5) is 51.6. The highest BCUT2D eigenvalue weighted by atomic mass is 16.6. The van der Waals surface area contributed by atoms with E-state index in [1.54, 1.807) is 0 Å². The fourth-order valence-corrected chi connectivity index (χ4v) is 7.34. The van der Waals surface area contributed by atoms with Crippen molar-refractivity contribution in [2.24, 2.45) is 0 Å². The summed E-state index contributed by atoms with van der Waals surface area (Å²) >= 11 is 0. The fourth-order valence-electron chi connectivity index (χ4n) is 7.34. The SMILES string of the molecule is O=C1C[C@@H]2O[C@H](CNC(=O)C[C@@H]3O[C@H](CNC(=O)C[C@@H]4O[C@H](CNC(=O)C[C@@H]5O[C@H](CN1)[C@@H](O)[C@H](O)[C@H]5O)[C@@H](O)[C@H](O)[C@H]4O)[C@@H](O)[C@H](O)[C@H]3O)[C@@H](O)[C@H](O)[C@H]2O. The number of carbonyl (C=O) groups is 4. The fraction of sp³-hybridized carbons (Fsp3) is 0.875. The van der Waals surface area contributed by atoms with Gasteiger partial charge in [-0.2, -0.15) is 0 Å². The molecule has 4 amide bonds. The molecule has 0 aliphatic carbocycles. The van der Waals surface area contributed by atoms with E-state index >= 15 is 0 Å². The number of ether oxygens (including phenoxy) is 4. The van der Waals surface area contributed by atoms with Gasteiger partial charge in [-0.3, -0.25) is 19.2 Å². The molecular formula is C32H52N4O20. The molecule has 320 valence electrons. The largest absolute Gasteiger partial charge is 0.388 e. The lowest BCUT2D eigenvalue weighted by molar-refractivity contribution is -0.226. The van der Waals surface area contributed by atoms with Crippen molar-refractivity contribution in [3.63, 3.8) is 0 Å². The highest BCUT2D eigenvalue weighted by molar-refractivity contribution is 5.78. The Morgan fingerprint density at radius 1 is 0.286 bits per heavy atom. The molecule has 5 saturated heterocycles. The third-order valence-electron chi connectivity index (χ3n) is 10.8. The van der Waals surface area contributed by atoms with E-state index in [1.165, 1.54) is 0 Å². The quantitative estimate of drug-likeness (QED) is 0.108. The van der Waals surface area contributed by atoms with Gasteiger partial charge in [0.15, 0.2) is 0 Å². The molecule has 5 aliphatic rings. The molecule has 0 unspecified atom stereocenters. The van der Waals surface area contributed by atoms with Gasteiger partial charge >= 0.3 is 0 Å². The first-order chi connectivity index (χ1) is 26.4. The molecule has 0 radical (unpaired) electrons. The van der Waals surface area contributed by atoms with E-state index in [0.717, 1.165) is 0 Å². The Morgan fingerprint density at radius 2 is 0.446 bits per heavy atom. The predicted octanol–water partition coefficient (Wildman–Crippen LogP) is -10.6. The molecule has 0 saturated carbocycles. The summed E-state index contributed by atoms with van der Waals surface area (Å²) < 4.78 is 22.5. The Balaban J connectivity index is 1.33. The smallest absolute Gasteiger partial charge is 0.222 e. The van der Waals surface area contributed by atoms with E-state index in [4.69, 9.17) is 18.9 Å².